The first-order chi connectivity index (χ1) is 16.5. The Balaban J connectivity index is 1.22. The van der Waals surface area contributed by atoms with Crippen LogP contribution in [-0.2, 0) is 16.1 Å². The molecule has 4 aliphatic rings. The fraction of sp³-hybridized carbons (Fsp3) is 0.600. The van der Waals surface area contributed by atoms with E-state index in [-0.39, 0.29) is 18.7 Å². The number of benzene rings is 1. The third-order valence-electron chi connectivity index (χ3n) is 7.96. The lowest BCUT2D eigenvalue weighted by Crippen LogP contribution is -2.54. The average molecular weight is 468 g/mol. The molecule has 182 valence electrons. The molecule has 34 heavy (non-hydrogen) atoms. The van der Waals surface area contributed by atoms with E-state index in [9.17, 15) is 19.2 Å². The molecule has 1 unspecified atom stereocenters. The summed E-state index contributed by atoms with van der Waals surface area (Å²) in [4.78, 5) is 55.7. The van der Waals surface area contributed by atoms with E-state index in [1.807, 2.05) is 6.07 Å². The van der Waals surface area contributed by atoms with E-state index in [1.54, 1.807) is 12.1 Å². The van der Waals surface area contributed by atoms with Gasteiger partial charge in [-0.3, -0.25) is 39.2 Å². The van der Waals surface area contributed by atoms with Crippen LogP contribution in [0.1, 0.15) is 64.8 Å². The molecule has 0 radical (unpaired) electrons. The quantitative estimate of drug-likeness (QED) is 0.613. The smallest absolute Gasteiger partial charge is 0.262 e. The minimum atomic E-state index is -0.932. The van der Waals surface area contributed by atoms with E-state index in [0.717, 1.165) is 43.2 Å². The maximum Gasteiger partial charge on any atom is 0.262 e. The molecule has 1 aromatic rings. The highest BCUT2D eigenvalue weighted by atomic mass is 16.2. The summed E-state index contributed by atoms with van der Waals surface area (Å²) < 4.78 is 0. The molecule has 1 aromatic carbocycles. The van der Waals surface area contributed by atoms with Crippen LogP contribution in [0.5, 0.6) is 0 Å². The fourth-order valence-electron chi connectivity index (χ4n) is 6.07. The molecule has 1 aliphatic carbocycles. The van der Waals surface area contributed by atoms with Crippen molar-refractivity contribution >= 4 is 23.6 Å². The van der Waals surface area contributed by atoms with E-state index in [4.69, 9.17) is 5.73 Å². The highest BCUT2D eigenvalue weighted by Crippen LogP contribution is 2.30. The molecule has 0 spiro atoms. The van der Waals surface area contributed by atoms with Gasteiger partial charge in [-0.15, -0.1) is 0 Å². The fourth-order valence-corrected chi connectivity index (χ4v) is 6.07. The second-order valence-corrected chi connectivity index (χ2v) is 9.99. The van der Waals surface area contributed by atoms with Gasteiger partial charge in [-0.05, 0) is 49.4 Å². The van der Waals surface area contributed by atoms with Gasteiger partial charge in [0.2, 0.25) is 11.8 Å². The molecule has 3 N–H and O–H groups in total. The number of piperidine rings is 1. The number of rotatable bonds is 5. The van der Waals surface area contributed by atoms with Crippen molar-refractivity contribution < 1.29 is 19.2 Å². The number of hydrogen-bond donors (Lipinski definition) is 2. The predicted octanol–water partition coefficient (Wildman–Crippen LogP) is 0.723. The van der Waals surface area contributed by atoms with E-state index in [1.165, 1.54) is 25.7 Å². The van der Waals surface area contributed by atoms with E-state index < -0.39 is 23.8 Å². The van der Waals surface area contributed by atoms with Crippen molar-refractivity contribution in [2.45, 2.75) is 57.2 Å². The maximum atomic E-state index is 13.1. The van der Waals surface area contributed by atoms with Crippen LogP contribution < -0.4 is 11.1 Å². The van der Waals surface area contributed by atoms with Gasteiger partial charge < -0.3 is 5.73 Å². The van der Waals surface area contributed by atoms with Gasteiger partial charge in [-0.2, -0.15) is 0 Å². The normalized spacial score (nSPS) is 28.9. The van der Waals surface area contributed by atoms with E-state index in [2.05, 4.69) is 15.1 Å². The molecule has 4 amide bonds. The lowest BCUT2D eigenvalue weighted by Gasteiger charge is -2.44. The number of nitrogens with one attached hydrogen (secondary N) is 1. The van der Waals surface area contributed by atoms with Crippen LogP contribution in [0.4, 0.5) is 0 Å². The second-order valence-electron chi connectivity index (χ2n) is 9.99. The average Bonchev–Trinajstić information content (AvgIpc) is 3.09. The first kappa shape index (κ1) is 23.1. The molecule has 3 heterocycles. The van der Waals surface area contributed by atoms with Gasteiger partial charge >= 0.3 is 0 Å². The molecule has 3 aliphatic heterocycles. The third kappa shape index (κ3) is 4.28. The van der Waals surface area contributed by atoms with Crippen LogP contribution in [0.25, 0.3) is 0 Å². The summed E-state index contributed by atoms with van der Waals surface area (Å²) in [6.45, 7) is 5.44. The summed E-state index contributed by atoms with van der Waals surface area (Å²) >= 11 is 0. The predicted molar refractivity (Wildman–Crippen MR) is 125 cm³/mol. The number of hydrogen-bond acceptors (Lipinski definition) is 7. The number of amides is 4. The molecule has 0 bridgehead atoms. The topological polar surface area (TPSA) is 116 Å². The molecular weight excluding hydrogens is 434 g/mol. The molecular formula is C25H33N5O4. The summed E-state index contributed by atoms with van der Waals surface area (Å²) in [5.41, 5.74) is 7.69. The van der Waals surface area contributed by atoms with Crippen molar-refractivity contribution in [1.82, 2.24) is 20.0 Å². The van der Waals surface area contributed by atoms with Crippen molar-refractivity contribution in [3.8, 4) is 0 Å². The highest BCUT2D eigenvalue weighted by molar-refractivity contribution is 6.23. The zero-order valence-electron chi connectivity index (χ0n) is 19.5. The number of nitrogens with two attached hydrogens (primary N) is 1. The van der Waals surface area contributed by atoms with Crippen LogP contribution in [0.3, 0.4) is 0 Å². The standard InChI is InChI=1S/C25H33N5O4/c26-14-17-3-1-2-4-20(17)29-11-9-28(10-12-29)15-16-5-6-18-19(13-16)25(34)30(24(18)33)21-7-8-22(31)27-23(21)32/h5-6,13,17,20-21H,1-4,7-12,14-15,26H2,(H,27,31,32)/t17-,20+,21?/m0/s1. The largest absolute Gasteiger partial charge is 0.330 e. The molecule has 0 aromatic heterocycles. The van der Waals surface area contributed by atoms with Gasteiger partial charge in [-0.1, -0.05) is 18.9 Å². The van der Waals surface area contributed by atoms with Gasteiger partial charge in [0.15, 0.2) is 0 Å². The highest BCUT2D eigenvalue weighted by Gasteiger charge is 2.44. The Morgan fingerprint density at radius 2 is 1.65 bits per heavy atom. The molecule has 3 fully saturated rings. The van der Waals surface area contributed by atoms with Gasteiger partial charge in [0.25, 0.3) is 11.8 Å². The first-order valence-corrected chi connectivity index (χ1v) is 12.5. The minimum absolute atomic E-state index is 0.119. The van der Waals surface area contributed by atoms with Crippen molar-refractivity contribution in [1.29, 1.82) is 0 Å². The Kier molecular flexibility index (Phi) is 6.50. The molecule has 5 rings (SSSR count). The van der Waals surface area contributed by atoms with Crippen molar-refractivity contribution in [3.05, 3.63) is 34.9 Å². The Labute approximate surface area is 199 Å². The maximum absolute atomic E-state index is 13.1. The summed E-state index contributed by atoms with van der Waals surface area (Å²) in [6.07, 6.45) is 5.34. The summed E-state index contributed by atoms with van der Waals surface area (Å²) in [6, 6.07) is 5.05. The van der Waals surface area contributed by atoms with Gasteiger partial charge in [-0.25, -0.2) is 0 Å². The Bertz CT molecular complexity index is 1000. The van der Waals surface area contributed by atoms with Gasteiger partial charge in [0, 0.05) is 45.2 Å². The van der Waals surface area contributed by atoms with Crippen LogP contribution in [0, 0.1) is 5.92 Å². The van der Waals surface area contributed by atoms with Gasteiger partial charge in [0.05, 0.1) is 11.1 Å². The number of carbonyl (C=O) groups excluding carboxylic acids is 4. The molecule has 3 atom stereocenters. The van der Waals surface area contributed by atoms with Crippen molar-refractivity contribution in [2.75, 3.05) is 32.7 Å². The zero-order chi connectivity index (χ0) is 23.8. The Hall–Kier alpha value is -2.62. The Morgan fingerprint density at radius 1 is 0.912 bits per heavy atom. The minimum Gasteiger partial charge on any atom is -0.330 e. The van der Waals surface area contributed by atoms with Crippen molar-refractivity contribution in [2.24, 2.45) is 11.7 Å². The van der Waals surface area contributed by atoms with Crippen LogP contribution in [-0.4, -0.2) is 83.1 Å². The van der Waals surface area contributed by atoms with E-state index >= 15 is 0 Å². The monoisotopic (exact) mass is 467 g/mol. The molecule has 9 heteroatoms. The number of piperazine rings is 1. The summed E-state index contributed by atoms with van der Waals surface area (Å²) in [5, 5.41) is 2.23. The third-order valence-corrected chi connectivity index (χ3v) is 7.96. The number of nitrogens with zero attached hydrogens (tertiary/aromatic N) is 3. The van der Waals surface area contributed by atoms with E-state index in [0.29, 0.717) is 29.6 Å². The summed E-state index contributed by atoms with van der Waals surface area (Å²) in [7, 11) is 0. The van der Waals surface area contributed by atoms with Gasteiger partial charge in [0.1, 0.15) is 6.04 Å². The molecule has 9 nitrogen and oxygen atoms in total. The number of fused-ring (bicyclic) bond motifs is 1. The lowest BCUT2D eigenvalue weighted by atomic mass is 9.83. The molecule has 2 saturated heterocycles. The van der Waals surface area contributed by atoms with Crippen LogP contribution in [0.2, 0.25) is 0 Å². The number of carbonyl (C=O) groups is 4. The number of imide groups is 2. The molecule has 1 saturated carbocycles. The Morgan fingerprint density at radius 3 is 2.38 bits per heavy atom. The lowest BCUT2D eigenvalue weighted by molar-refractivity contribution is -0.136. The first-order valence-electron chi connectivity index (χ1n) is 12.5. The van der Waals surface area contributed by atoms with Crippen LogP contribution in [0.15, 0.2) is 18.2 Å². The zero-order valence-corrected chi connectivity index (χ0v) is 19.5. The van der Waals surface area contributed by atoms with Crippen LogP contribution >= 0.6 is 0 Å². The summed E-state index contributed by atoms with van der Waals surface area (Å²) in [5.74, 6) is -1.27. The second kappa shape index (κ2) is 9.56. The SMILES string of the molecule is NC[C@@H]1CCCC[C@H]1N1CCN(Cc2ccc3c(c2)C(=O)N(C2CCC(=O)NC2=O)C3=O)CC1. The van der Waals surface area contributed by atoms with Crippen molar-refractivity contribution in [3.63, 3.8) is 0 Å².